The van der Waals surface area contributed by atoms with Crippen molar-refractivity contribution in [2.24, 2.45) is 0 Å². The summed E-state index contributed by atoms with van der Waals surface area (Å²) in [5.41, 5.74) is 1.20. The molecule has 5 rings (SSSR count). The van der Waals surface area contributed by atoms with Gasteiger partial charge in [-0.3, -0.25) is 4.72 Å². The summed E-state index contributed by atoms with van der Waals surface area (Å²) in [5, 5.41) is 3.81. The summed E-state index contributed by atoms with van der Waals surface area (Å²) in [5.74, 6) is 0.0764. The number of nitrogens with zero attached hydrogens (tertiary/aromatic N) is 7. The first-order chi connectivity index (χ1) is 22.2. The van der Waals surface area contributed by atoms with Gasteiger partial charge in [-0.15, -0.1) is 11.3 Å². The number of amides is 1. The van der Waals surface area contributed by atoms with Crippen LogP contribution in [0.25, 0.3) is 21.8 Å². The first kappa shape index (κ1) is 33.9. The predicted octanol–water partition coefficient (Wildman–Crippen LogP) is 5.52. The minimum atomic E-state index is -3.93. The van der Waals surface area contributed by atoms with Gasteiger partial charge in [0.1, 0.15) is 11.4 Å². The molecule has 0 bridgehead atoms. The van der Waals surface area contributed by atoms with Gasteiger partial charge in [-0.05, 0) is 58.0 Å². The molecule has 0 unspecified atom stereocenters. The number of thiazole rings is 1. The van der Waals surface area contributed by atoms with Crippen molar-refractivity contribution in [1.29, 1.82) is 0 Å². The van der Waals surface area contributed by atoms with E-state index in [-0.39, 0.29) is 29.8 Å². The average Bonchev–Trinajstić information content (AvgIpc) is 3.42. The Labute approximate surface area is 278 Å². The molecule has 1 saturated heterocycles. The van der Waals surface area contributed by atoms with Crippen LogP contribution in [-0.4, -0.2) is 89.0 Å². The summed E-state index contributed by atoms with van der Waals surface area (Å²) < 4.78 is 49.8. The molecule has 1 fully saturated rings. The fourth-order valence-corrected chi connectivity index (χ4v) is 6.58. The number of ether oxygens (including phenoxy) is 1. The van der Waals surface area contributed by atoms with Crippen LogP contribution in [0.1, 0.15) is 32.7 Å². The Kier molecular flexibility index (Phi) is 9.93. The molecule has 0 aliphatic carbocycles. The number of hydrogen-bond donors (Lipinski definition) is 2. The number of rotatable bonds is 9. The number of benzene rings is 1. The smallest absolute Gasteiger partial charge is 0.410 e. The molecule has 0 saturated carbocycles. The van der Waals surface area contributed by atoms with Gasteiger partial charge in [-0.1, -0.05) is 13.0 Å². The second-order valence-corrected chi connectivity index (χ2v) is 14.8. The first-order valence-corrected chi connectivity index (χ1v) is 17.3. The minimum Gasteiger partial charge on any atom is -0.444 e. The first-order valence-electron chi connectivity index (χ1n) is 15.0. The minimum absolute atomic E-state index is 0.140. The van der Waals surface area contributed by atoms with Crippen LogP contribution in [0.2, 0.25) is 0 Å². The highest BCUT2D eigenvalue weighted by atomic mass is 32.2. The van der Waals surface area contributed by atoms with E-state index in [2.05, 4.69) is 34.9 Å². The molecule has 1 aromatic carbocycles. The van der Waals surface area contributed by atoms with Crippen LogP contribution in [-0.2, 0) is 14.9 Å². The fourth-order valence-electron chi connectivity index (χ4n) is 4.74. The molecular formula is C31H38FN9O4S2. The number of carbonyl (C=O) groups is 1. The van der Waals surface area contributed by atoms with E-state index in [1.165, 1.54) is 24.5 Å². The molecule has 0 spiro atoms. The van der Waals surface area contributed by atoms with Gasteiger partial charge in [0, 0.05) is 51.5 Å². The van der Waals surface area contributed by atoms with Gasteiger partial charge in [0.15, 0.2) is 5.82 Å². The van der Waals surface area contributed by atoms with Crippen LogP contribution in [0.15, 0.2) is 48.8 Å². The standard InChI is InChI=1S/C31H38FN9O4S2/c1-7-39(6)47(43,44)38-23-10-8-9-22(26(23)32)27-28(46-20(2)35-27)24-13-14-33-29(36-24)37-25-12-11-21(19-34-25)40-15-17-41(18-16-40)30(42)45-31(3,4)5/h8-14,19,38H,7,15-18H2,1-6H3,(H,33,34,36,37). The predicted molar refractivity (Wildman–Crippen MR) is 182 cm³/mol. The average molecular weight is 684 g/mol. The summed E-state index contributed by atoms with van der Waals surface area (Å²) in [6, 6.07) is 9.96. The van der Waals surface area contributed by atoms with Gasteiger partial charge in [-0.2, -0.15) is 12.7 Å². The zero-order valence-corrected chi connectivity index (χ0v) is 28.7. The summed E-state index contributed by atoms with van der Waals surface area (Å²) in [4.78, 5) is 35.0. The maximum absolute atomic E-state index is 15.7. The molecule has 4 aromatic rings. The van der Waals surface area contributed by atoms with Crippen LogP contribution >= 0.6 is 11.3 Å². The van der Waals surface area contributed by atoms with Crippen molar-refractivity contribution in [3.8, 4) is 21.8 Å². The second kappa shape index (κ2) is 13.8. The number of carbonyl (C=O) groups excluding carboxylic acids is 1. The fraction of sp³-hybridized carbons (Fsp3) is 0.387. The molecule has 250 valence electrons. The highest BCUT2D eigenvalue weighted by molar-refractivity contribution is 7.90. The van der Waals surface area contributed by atoms with Crippen molar-refractivity contribution in [2.45, 2.75) is 40.2 Å². The van der Waals surface area contributed by atoms with Crippen LogP contribution < -0.4 is 14.9 Å². The molecule has 47 heavy (non-hydrogen) atoms. The SMILES string of the molecule is CCN(C)S(=O)(=O)Nc1cccc(-c2nc(C)sc2-c2ccnc(Nc3ccc(N4CCN(C(=O)OC(C)(C)C)CC4)cn3)n2)c1F. The van der Waals surface area contributed by atoms with Crippen molar-refractivity contribution in [3.05, 3.63) is 59.6 Å². The van der Waals surface area contributed by atoms with Gasteiger partial charge >= 0.3 is 16.3 Å². The van der Waals surface area contributed by atoms with Gasteiger partial charge < -0.3 is 19.9 Å². The molecule has 1 aliphatic heterocycles. The van der Waals surface area contributed by atoms with Crippen LogP contribution in [0.4, 0.5) is 32.3 Å². The van der Waals surface area contributed by atoms with Crippen molar-refractivity contribution >= 4 is 50.8 Å². The molecule has 0 atom stereocenters. The van der Waals surface area contributed by atoms with Gasteiger partial charge in [0.05, 0.1) is 38.8 Å². The third-order valence-electron chi connectivity index (χ3n) is 7.25. The van der Waals surface area contributed by atoms with E-state index < -0.39 is 21.6 Å². The molecule has 2 N–H and O–H groups in total. The third kappa shape index (κ3) is 8.12. The van der Waals surface area contributed by atoms with Crippen LogP contribution in [0.3, 0.4) is 0 Å². The number of pyridine rings is 1. The Balaban J connectivity index is 1.30. The van der Waals surface area contributed by atoms with Crippen molar-refractivity contribution < 1.29 is 22.3 Å². The van der Waals surface area contributed by atoms with Crippen molar-refractivity contribution in [1.82, 2.24) is 29.1 Å². The lowest BCUT2D eigenvalue weighted by Crippen LogP contribution is -2.50. The van der Waals surface area contributed by atoms with E-state index in [1.54, 1.807) is 42.4 Å². The molecule has 3 aromatic heterocycles. The number of anilines is 4. The summed E-state index contributed by atoms with van der Waals surface area (Å²) in [6.07, 6.45) is 3.03. The zero-order chi connectivity index (χ0) is 33.9. The Bertz CT molecular complexity index is 1840. The molecular weight excluding hydrogens is 646 g/mol. The molecule has 1 amide bonds. The molecule has 16 heteroatoms. The van der Waals surface area contributed by atoms with E-state index in [9.17, 15) is 13.2 Å². The number of aryl methyl sites for hydroxylation is 1. The molecule has 0 radical (unpaired) electrons. The van der Waals surface area contributed by atoms with E-state index in [4.69, 9.17) is 4.74 Å². The Morgan fingerprint density at radius 3 is 2.49 bits per heavy atom. The van der Waals surface area contributed by atoms with Gasteiger partial charge in [-0.25, -0.2) is 29.1 Å². The monoisotopic (exact) mass is 683 g/mol. The third-order valence-corrected chi connectivity index (χ3v) is 9.80. The number of aromatic nitrogens is 4. The lowest BCUT2D eigenvalue weighted by molar-refractivity contribution is 0.0240. The quantitative estimate of drug-likeness (QED) is 0.231. The molecule has 4 heterocycles. The summed E-state index contributed by atoms with van der Waals surface area (Å²) in [7, 11) is -2.52. The topological polar surface area (TPSA) is 146 Å². The van der Waals surface area contributed by atoms with Crippen molar-refractivity contribution in [3.63, 3.8) is 0 Å². The molecule has 1 aliphatic rings. The van der Waals surface area contributed by atoms with Crippen molar-refractivity contribution in [2.75, 3.05) is 54.7 Å². The maximum Gasteiger partial charge on any atom is 0.410 e. The lowest BCUT2D eigenvalue weighted by Gasteiger charge is -2.36. The number of piperazine rings is 1. The van der Waals surface area contributed by atoms with Crippen LogP contribution in [0, 0.1) is 12.7 Å². The van der Waals surface area contributed by atoms with E-state index >= 15 is 4.39 Å². The highest BCUT2D eigenvalue weighted by Crippen LogP contribution is 2.38. The number of hydrogen-bond acceptors (Lipinski definition) is 11. The summed E-state index contributed by atoms with van der Waals surface area (Å²) >= 11 is 1.34. The Hall–Kier alpha value is -4.41. The summed E-state index contributed by atoms with van der Waals surface area (Å²) in [6.45, 7) is 11.7. The second-order valence-electron chi connectivity index (χ2n) is 11.8. The largest absolute Gasteiger partial charge is 0.444 e. The Morgan fingerprint density at radius 1 is 1.09 bits per heavy atom. The zero-order valence-electron chi connectivity index (χ0n) is 27.1. The highest BCUT2D eigenvalue weighted by Gasteiger charge is 2.26. The lowest BCUT2D eigenvalue weighted by atomic mass is 10.1. The molecule has 13 nitrogen and oxygen atoms in total. The van der Waals surface area contributed by atoms with E-state index in [0.29, 0.717) is 53.3 Å². The van der Waals surface area contributed by atoms with Gasteiger partial charge in [0.25, 0.3) is 0 Å². The van der Waals surface area contributed by atoms with Crippen LogP contribution in [0.5, 0.6) is 0 Å². The van der Waals surface area contributed by atoms with E-state index in [0.717, 1.165) is 9.99 Å². The maximum atomic E-state index is 15.7. The Morgan fingerprint density at radius 2 is 1.83 bits per heavy atom. The number of halogens is 1. The number of nitrogens with one attached hydrogen (secondary N) is 2. The van der Waals surface area contributed by atoms with E-state index in [1.807, 2.05) is 39.8 Å². The normalized spacial score (nSPS) is 14.0. The van der Waals surface area contributed by atoms with Gasteiger partial charge in [0.2, 0.25) is 5.95 Å².